The zero-order valence-electron chi connectivity index (χ0n) is 8.70. The summed E-state index contributed by atoms with van der Waals surface area (Å²) >= 11 is 3.16. The van der Waals surface area contributed by atoms with Gasteiger partial charge in [-0.05, 0) is 13.8 Å². The van der Waals surface area contributed by atoms with E-state index in [1.54, 1.807) is 17.7 Å². The molecule has 0 radical (unpaired) electrons. The first-order valence-corrected chi connectivity index (χ1v) is 7.21. The zero-order valence-corrected chi connectivity index (χ0v) is 11.1. The van der Waals surface area contributed by atoms with E-state index in [-0.39, 0.29) is 5.03 Å². The number of aryl methyl sites for hydroxylation is 2. The molecule has 0 fully saturated rings. The van der Waals surface area contributed by atoms with Gasteiger partial charge in [-0.25, -0.2) is 18.1 Å². The third-order valence-electron chi connectivity index (χ3n) is 1.96. The van der Waals surface area contributed by atoms with E-state index in [2.05, 4.69) is 25.6 Å². The summed E-state index contributed by atoms with van der Waals surface area (Å²) in [4.78, 5) is 4.00. The van der Waals surface area contributed by atoms with Crippen LogP contribution in [0.5, 0.6) is 0 Å². The summed E-state index contributed by atoms with van der Waals surface area (Å²) in [5, 5.41) is 0.669. The molecule has 1 aromatic rings. The summed E-state index contributed by atoms with van der Waals surface area (Å²) in [5.41, 5.74) is 0. The van der Waals surface area contributed by atoms with Crippen molar-refractivity contribution in [3.8, 4) is 0 Å². The summed E-state index contributed by atoms with van der Waals surface area (Å²) in [6, 6.07) is 0. The molecule has 15 heavy (non-hydrogen) atoms. The number of nitrogens with zero attached hydrogens (tertiary/aromatic N) is 2. The molecule has 0 aliphatic heterocycles. The summed E-state index contributed by atoms with van der Waals surface area (Å²) in [6.07, 6.45) is 1.55. The Kier molecular flexibility index (Phi) is 4.30. The molecule has 0 aromatic carbocycles. The van der Waals surface area contributed by atoms with Crippen molar-refractivity contribution in [2.75, 3.05) is 11.9 Å². The lowest BCUT2D eigenvalue weighted by atomic mass is 10.6. The van der Waals surface area contributed by atoms with E-state index >= 15 is 0 Å². The van der Waals surface area contributed by atoms with Gasteiger partial charge < -0.3 is 4.57 Å². The highest BCUT2D eigenvalue weighted by Gasteiger charge is 2.17. The Morgan fingerprint density at radius 2 is 2.27 bits per heavy atom. The standard InChI is InChI=1S/C8H14BrN3O2S/c1-3-12-6-8(11-7(12)2)15(13,14)10-5-4-9/h6,10H,3-5H2,1-2H3. The molecule has 0 atom stereocenters. The SMILES string of the molecule is CCn1cc(S(=O)(=O)NCCBr)nc1C. The van der Waals surface area contributed by atoms with Crippen molar-refractivity contribution in [3.63, 3.8) is 0 Å². The van der Waals surface area contributed by atoms with Gasteiger partial charge in [-0.2, -0.15) is 0 Å². The first-order valence-electron chi connectivity index (χ1n) is 4.60. The normalized spacial score (nSPS) is 11.9. The van der Waals surface area contributed by atoms with Crippen LogP contribution in [0.1, 0.15) is 12.7 Å². The number of halogens is 1. The monoisotopic (exact) mass is 295 g/mol. The second kappa shape index (κ2) is 5.09. The fourth-order valence-electron chi connectivity index (χ4n) is 1.18. The number of hydrogen-bond donors (Lipinski definition) is 1. The Morgan fingerprint density at radius 1 is 1.60 bits per heavy atom. The first-order chi connectivity index (χ1) is 7.01. The molecular weight excluding hydrogens is 282 g/mol. The molecule has 0 unspecified atom stereocenters. The molecule has 1 heterocycles. The molecule has 0 aliphatic carbocycles. The van der Waals surface area contributed by atoms with Crippen LogP contribution in [0.15, 0.2) is 11.2 Å². The molecule has 0 saturated carbocycles. The molecule has 5 nitrogen and oxygen atoms in total. The van der Waals surface area contributed by atoms with E-state index in [0.29, 0.717) is 24.2 Å². The molecule has 1 rings (SSSR count). The Bertz CT molecular complexity index is 427. The van der Waals surface area contributed by atoms with E-state index in [9.17, 15) is 8.42 Å². The highest BCUT2D eigenvalue weighted by atomic mass is 79.9. The minimum Gasteiger partial charge on any atom is -0.334 e. The van der Waals surface area contributed by atoms with Gasteiger partial charge in [-0.15, -0.1) is 0 Å². The van der Waals surface area contributed by atoms with E-state index in [0.717, 1.165) is 0 Å². The van der Waals surface area contributed by atoms with Crippen LogP contribution in [-0.2, 0) is 16.6 Å². The van der Waals surface area contributed by atoms with Crippen LogP contribution in [0.4, 0.5) is 0 Å². The molecule has 1 N–H and O–H groups in total. The van der Waals surface area contributed by atoms with Gasteiger partial charge in [0.2, 0.25) is 0 Å². The largest absolute Gasteiger partial charge is 0.334 e. The van der Waals surface area contributed by atoms with Crippen LogP contribution in [0.3, 0.4) is 0 Å². The maximum atomic E-state index is 11.7. The predicted octanol–water partition coefficient (Wildman–Crippen LogP) is 0.885. The van der Waals surface area contributed by atoms with Gasteiger partial charge in [0.15, 0.2) is 5.03 Å². The fraction of sp³-hybridized carbons (Fsp3) is 0.625. The van der Waals surface area contributed by atoms with Crippen molar-refractivity contribution < 1.29 is 8.42 Å². The van der Waals surface area contributed by atoms with E-state index in [1.807, 2.05) is 6.92 Å². The Labute approximate surface area is 98.1 Å². The van der Waals surface area contributed by atoms with Gasteiger partial charge in [0.05, 0.1) is 0 Å². The molecular formula is C8H14BrN3O2S. The van der Waals surface area contributed by atoms with Crippen molar-refractivity contribution in [1.29, 1.82) is 0 Å². The van der Waals surface area contributed by atoms with Crippen LogP contribution in [0, 0.1) is 6.92 Å². The second-order valence-corrected chi connectivity index (χ2v) is 5.51. The van der Waals surface area contributed by atoms with Crippen LogP contribution in [-0.4, -0.2) is 29.8 Å². The van der Waals surface area contributed by atoms with Gasteiger partial charge in [-0.1, -0.05) is 15.9 Å². The van der Waals surface area contributed by atoms with Crippen molar-refractivity contribution >= 4 is 26.0 Å². The third-order valence-corrected chi connectivity index (χ3v) is 3.68. The van der Waals surface area contributed by atoms with Crippen molar-refractivity contribution in [3.05, 3.63) is 12.0 Å². The van der Waals surface area contributed by atoms with Gasteiger partial charge >= 0.3 is 0 Å². The molecule has 0 bridgehead atoms. The van der Waals surface area contributed by atoms with E-state index in [1.165, 1.54) is 0 Å². The molecule has 7 heteroatoms. The minimum absolute atomic E-state index is 0.0859. The summed E-state index contributed by atoms with van der Waals surface area (Å²) < 4.78 is 27.6. The van der Waals surface area contributed by atoms with E-state index < -0.39 is 10.0 Å². The van der Waals surface area contributed by atoms with Crippen molar-refractivity contribution in [2.24, 2.45) is 0 Å². The van der Waals surface area contributed by atoms with Gasteiger partial charge in [0.25, 0.3) is 10.0 Å². The average Bonchev–Trinajstić information content (AvgIpc) is 2.57. The summed E-state index contributed by atoms with van der Waals surface area (Å²) in [5.74, 6) is 0.705. The maximum Gasteiger partial charge on any atom is 0.259 e. The smallest absolute Gasteiger partial charge is 0.259 e. The number of alkyl halides is 1. The Morgan fingerprint density at radius 3 is 2.73 bits per heavy atom. The topological polar surface area (TPSA) is 64.0 Å². The number of hydrogen-bond acceptors (Lipinski definition) is 3. The van der Waals surface area contributed by atoms with Gasteiger partial charge in [-0.3, -0.25) is 0 Å². The number of imidazole rings is 1. The molecule has 0 amide bonds. The van der Waals surface area contributed by atoms with Crippen LogP contribution in [0.25, 0.3) is 0 Å². The van der Waals surface area contributed by atoms with Gasteiger partial charge in [0, 0.05) is 24.6 Å². The summed E-state index contributed by atoms with van der Waals surface area (Å²) in [6.45, 7) is 4.80. The van der Waals surface area contributed by atoms with Gasteiger partial charge in [0.1, 0.15) is 5.82 Å². The Balaban J connectivity index is 2.95. The number of rotatable bonds is 5. The Hall–Kier alpha value is -0.400. The molecule has 0 spiro atoms. The second-order valence-electron chi connectivity index (χ2n) is 3.00. The number of aromatic nitrogens is 2. The lowest BCUT2D eigenvalue weighted by Crippen LogP contribution is -2.25. The van der Waals surface area contributed by atoms with Crippen LogP contribution in [0.2, 0.25) is 0 Å². The van der Waals surface area contributed by atoms with Crippen LogP contribution >= 0.6 is 15.9 Å². The number of sulfonamides is 1. The lowest BCUT2D eigenvalue weighted by molar-refractivity contribution is 0.580. The first kappa shape index (κ1) is 12.7. The van der Waals surface area contributed by atoms with E-state index in [4.69, 9.17) is 0 Å². The van der Waals surface area contributed by atoms with Crippen molar-refractivity contribution in [1.82, 2.24) is 14.3 Å². The molecule has 0 aliphatic rings. The highest BCUT2D eigenvalue weighted by molar-refractivity contribution is 9.09. The minimum atomic E-state index is -3.45. The molecule has 1 aromatic heterocycles. The lowest BCUT2D eigenvalue weighted by Gasteiger charge is -2.00. The third kappa shape index (κ3) is 3.02. The highest BCUT2D eigenvalue weighted by Crippen LogP contribution is 2.08. The summed E-state index contributed by atoms with van der Waals surface area (Å²) in [7, 11) is -3.45. The maximum absolute atomic E-state index is 11.7. The fourth-order valence-corrected chi connectivity index (χ4v) is 2.67. The predicted molar refractivity (Wildman–Crippen MR) is 61.6 cm³/mol. The number of nitrogens with one attached hydrogen (secondary N) is 1. The molecule has 0 saturated heterocycles. The molecule has 86 valence electrons. The van der Waals surface area contributed by atoms with Crippen LogP contribution < -0.4 is 4.72 Å². The zero-order chi connectivity index (χ0) is 11.5. The average molecular weight is 296 g/mol. The quantitative estimate of drug-likeness (QED) is 0.821. The van der Waals surface area contributed by atoms with Crippen molar-refractivity contribution in [2.45, 2.75) is 25.4 Å².